The first kappa shape index (κ1) is 22.6. The maximum atomic E-state index is 8.48. The van der Waals surface area contributed by atoms with E-state index >= 15 is 0 Å². The minimum absolute atomic E-state index is 0. The van der Waals surface area contributed by atoms with Crippen LogP contribution in [0.5, 0.6) is 0 Å². The van der Waals surface area contributed by atoms with Crippen molar-refractivity contribution >= 4 is 11.0 Å². The van der Waals surface area contributed by atoms with E-state index < -0.39 is 0 Å². The van der Waals surface area contributed by atoms with Crippen LogP contribution in [0.25, 0.3) is 0 Å². The molecule has 0 aliphatic heterocycles. The number of aliphatic hydroxyl groups excluding tert-OH is 1. The van der Waals surface area contributed by atoms with Crippen LogP contribution in [0.2, 0.25) is 0 Å². The van der Waals surface area contributed by atoms with E-state index in [0.717, 1.165) is 0 Å². The first-order valence-corrected chi connectivity index (χ1v) is 2.06. The second kappa shape index (κ2) is 15.8. The van der Waals surface area contributed by atoms with Gasteiger partial charge in [0.05, 0.1) is 6.10 Å². The van der Waals surface area contributed by atoms with Gasteiger partial charge < -0.3 is 11.3 Å². The molecule has 0 radical (unpaired) electrons. The van der Waals surface area contributed by atoms with Crippen molar-refractivity contribution in [1.29, 1.82) is 0 Å². The molecule has 2 nitrogen and oxygen atoms in total. The van der Waals surface area contributed by atoms with Gasteiger partial charge in [0.25, 0.3) is 0 Å². The van der Waals surface area contributed by atoms with Crippen molar-refractivity contribution in [3.05, 3.63) is 12.7 Å². The third kappa shape index (κ3) is 28.9. The predicted octanol–water partition coefficient (Wildman–Crippen LogP) is -0.349. The van der Waals surface area contributed by atoms with E-state index in [2.05, 4.69) is 6.58 Å². The molecule has 0 amide bonds. The van der Waals surface area contributed by atoms with Crippen molar-refractivity contribution in [2.75, 3.05) is 0 Å². The second-order valence-electron chi connectivity index (χ2n) is 1.37. The molecule has 0 bridgehead atoms. The summed E-state index contributed by atoms with van der Waals surface area (Å²) in [4.78, 5) is 0. The Morgan fingerprint density at radius 2 is 2.00 bits per heavy atom. The molecule has 0 spiro atoms. The van der Waals surface area contributed by atoms with Crippen LogP contribution in [0.15, 0.2) is 12.7 Å². The summed E-state index contributed by atoms with van der Waals surface area (Å²) >= 11 is 0. The van der Waals surface area contributed by atoms with Crippen LogP contribution < -0.4 is 6.15 Å². The van der Waals surface area contributed by atoms with Crippen LogP contribution >= 0.6 is 0 Å². The first-order valence-electron chi connectivity index (χ1n) is 2.06. The zero-order valence-electron chi connectivity index (χ0n) is 5.22. The van der Waals surface area contributed by atoms with Crippen molar-refractivity contribution in [2.45, 2.75) is 19.4 Å². The van der Waals surface area contributed by atoms with E-state index in [1.54, 1.807) is 13.0 Å². The molecule has 0 fully saturated rings. The van der Waals surface area contributed by atoms with Crippen LogP contribution in [-0.2, 0) is 21.7 Å². The minimum Gasteiger partial charge on any atom is -0.393 e. The Balaban J connectivity index is -0.0000000417. The van der Waals surface area contributed by atoms with E-state index in [1.807, 2.05) is 0 Å². The van der Waals surface area contributed by atoms with Crippen LogP contribution in [0.4, 0.5) is 0 Å². The summed E-state index contributed by atoms with van der Waals surface area (Å²) in [6.45, 7) is 5.18. The van der Waals surface area contributed by atoms with Gasteiger partial charge >= 0.3 is 0 Å². The SMILES string of the molecule is C=CCC(C)O.N.[SiH4].[Ti]. The zero-order valence-corrected chi connectivity index (χ0v) is 6.78. The normalized spacial score (nSPS) is 9.11. The number of hydrogen-bond donors (Lipinski definition) is 2. The topological polar surface area (TPSA) is 55.2 Å². The molecule has 0 aromatic heterocycles. The molecule has 0 aromatic rings. The first-order chi connectivity index (χ1) is 2.77. The summed E-state index contributed by atoms with van der Waals surface area (Å²) < 4.78 is 0. The van der Waals surface area contributed by atoms with Gasteiger partial charge in [-0.15, -0.1) is 6.58 Å². The Hall–Kier alpha value is 0.591. The van der Waals surface area contributed by atoms with E-state index in [9.17, 15) is 0 Å². The van der Waals surface area contributed by atoms with Gasteiger partial charge in [-0.05, 0) is 24.3 Å². The van der Waals surface area contributed by atoms with Crippen molar-refractivity contribution in [3.63, 3.8) is 0 Å². The van der Waals surface area contributed by atoms with E-state index in [-0.39, 0.29) is 44.9 Å². The van der Waals surface area contributed by atoms with Crippen molar-refractivity contribution in [3.8, 4) is 0 Å². The number of aliphatic hydroxyl groups is 1. The molecule has 0 aliphatic rings. The minimum atomic E-state index is -0.220. The Kier molecular flexibility index (Phi) is 39.8. The molecular weight excluding hydrogens is 166 g/mol. The molecule has 56 valence electrons. The largest absolute Gasteiger partial charge is 0.393 e. The van der Waals surface area contributed by atoms with Gasteiger partial charge in [0.1, 0.15) is 0 Å². The quantitative estimate of drug-likeness (QED) is 0.454. The van der Waals surface area contributed by atoms with Crippen LogP contribution in [-0.4, -0.2) is 22.2 Å². The third-order valence-electron chi connectivity index (χ3n) is 0.508. The van der Waals surface area contributed by atoms with Gasteiger partial charge in [-0.3, -0.25) is 0 Å². The third-order valence-corrected chi connectivity index (χ3v) is 0.508. The fraction of sp³-hybridized carbons (Fsp3) is 0.600. The summed E-state index contributed by atoms with van der Waals surface area (Å²) in [5.41, 5.74) is 0. The molecule has 4 N–H and O–H groups in total. The Labute approximate surface area is 76.2 Å². The maximum absolute atomic E-state index is 8.48. The van der Waals surface area contributed by atoms with Crippen molar-refractivity contribution in [2.24, 2.45) is 0 Å². The average Bonchev–Trinajstić information content (AvgIpc) is 1.35. The van der Waals surface area contributed by atoms with Gasteiger partial charge in [-0.25, -0.2) is 0 Å². The van der Waals surface area contributed by atoms with Gasteiger partial charge in [-0.1, -0.05) is 6.08 Å². The Morgan fingerprint density at radius 1 is 1.67 bits per heavy atom. The van der Waals surface area contributed by atoms with Crippen molar-refractivity contribution < 1.29 is 26.8 Å². The summed E-state index contributed by atoms with van der Waals surface area (Å²) in [5, 5.41) is 8.48. The van der Waals surface area contributed by atoms with Crippen LogP contribution in [0, 0.1) is 0 Å². The molecule has 0 heterocycles. The molecule has 9 heavy (non-hydrogen) atoms. The van der Waals surface area contributed by atoms with E-state index in [1.165, 1.54) is 0 Å². The summed E-state index contributed by atoms with van der Waals surface area (Å²) in [7, 11) is 0. The average molecular weight is 183 g/mol. The predicted molar refractivity (Wildman–Crippen MR) is 42.9 cm³/mol. The van der Waals surface area contributed by atoms with Crippen LogP contribution in [0.3, 0.4) is 0 Å². The molecular formula is C5H17NOSiTi. The standard InChI is InChI=1S/C5H10O.H3N.H4Si.Ti/c1-3-4-5(2)6;;;/h3,5-6H,1,4H2,2H3;1H3;1H4;. The molecule has 4 heteroatoms. The monoisotopic (exact) mass is 183 g/mol. The fourth-order valence-corrected chi connectivity index (χ4v) is 0.241. The van der Waals surface area contributed by atoms with Gasteiger partial charge in [-0.2, -0.15) is 0 Å². The summed E-state index contributed by atoms with van der Waals surface area (Å²) in [6, 6.07) is 0. The number of rotatable bonds is 2. The summed E-state index contributed by atoms with van der Waals surface area (Å²) in [6.07, 6.45) is 2.17. The van der Waals surface area contributed by atoms with Gasteiger partial charge in [0.15, 0.2) is 0 Å². The molecule has 0 aromatic carbocycles. The Morgan fingerprint density at radius 3 is 2.00 bits per heavy atom. The maximum Gasteiger partial charge on any atom is 0.0546 e. The number of hydrogen-bond acceptors (Lipinski definition) is 2. The van der Waals surface area contributed by atoms with E-state index in [4.69, 9.17) is 5.11 Å². The fourth-order valence-electron chi connectivity index (χ4n) is 0.241. The smallest absolute Gasteiger partial charge is 0.0546 e. The molecule has 0 saturated carbocycles. The van der Waals surface area contributed by atoms with Gasteiger partial charge in [0, 0.05) is 21.7 Å². The second-order valence-corrected chi connectivity index (χ2v) is 1.37. The van der Waals surface area contributed by atoms with Gasteiger partial charge in [0.2, 0.25) is 0 Å². The van der Waals surface area contributed by atoms with Crippen molar-refractivity contribution in [1.82, 2.24) is 6.15 Å². The molecule has 0 aliphatic carbocycles. The van der Waals surface area contributed by atoms with Crippen LogP contribution in [0.1, 0.15) is 13.3 Å². The summed E-state index contributed by atoms with van der Waals surface area (Å²) in [5.74, 6) is 0. The Bertz CT molecular complexity index is 52.2. The molecule has 1 atom stereocenters. The zero-order chi connectivity index (χ0) is 4.99. The molecule has 0 saturated heterocycles. The molecule has 0 rings (SSSR count). The molecule has 1 unspecified atom stereocenters. The van der Waals surface area contributed by atoms with E-state index in [0.29, 0.717) is 6.42 Å².